The van der Waals surface area contributed by atoms with E-state index in [1.54, 1.807) is 0 Å². The zero-order chi connectivity index (χ0) is 7.98. The van der Waals surface area contributed by atoms with Crippen LogP contribution in [0.2, 0.25) is 0 Å². The molecule has 0 amide bonds. The molecule has 0 spiro atoms. The van der Waals surface area contributed by atoms with Crippen LogP contribution in [0.3, 0.4) is 0 Å². The monoisotopic (exact) mass is 147 g/mol. The van der Waals surface area contributed by atoms with Crippen LogP contribution < -0.4 is 0 Å². The standard InChI is InChI=1S/C4H9N3O3/c5-7-6-3(1-8)4(10)2-9/h3-4,8-10H,1-2H2/t3-,4+/m1/s1. The molecule has 0 fully saturated rings. The summed E-state index contributed by atoms with van der Waals surface area (Å²) in [5, 5.41) is 28.5. The number of hydrogen-bond acceptors (Lipinski definition) is 4. The molecule has 6 heteroatoms. The highest BCUT2D eigenvalue weighted by molar-refractivity contribution is 4.73. The minimum atomic E-state index is -1.18. The van der Waals surface area contributed by atoms with Crippen molar-refractivity contribution in [3.63, 3.8) is 0 Å². The summed E-state index contributed by atoms with van der Waals surface area (Å²) in [6, 6.07) is -0.949. The average molecular weight is 147 g/mol. The Hall–Kier alpha value is -0.810. The normalized spacial score (nSPS) is 15.5. The summed E-state index contributed by atoms with van der Waals surface area (Å²) in [7, 11) is 0. The van der Waals surface area contributed by atoms with Crippen molar-refractivity contribution in [1.82, 2.24) is 0 Å². The molecule has 0 aromatic carbocycles. The minimum Gasteiger partial charge on any atom is -0.396 e. The maximum absolute atomic E-state index is 8.77. The zero-order valence-corrected chi connectivity index (χ0v) is 5.25. The third-order valence-corrected chi connectivity index (χ3v) is 1.02. The Morgan fingerprint density at radius 3 is 2.30 bits per heavy atom. The third kappa shape index (κ3) is 2.65. The summed E-state index contributed by atoms with van der Waals surface area (Å²) in [6.07, 6.45) is -1.18. The minimum absolute atomic E-state index is 0.466. The van der Waals surface area contributed by atoms with Crippen LogP contribution in [0.5, 0.6) is 0 Å². The molecule has 0 radical (unpaired) electrons. The second-order valence-electron chi connectivity index (χ2n) is 1.70. The topological polar surface area (TPSA) is 109 Å². The van der Waals surface area contributed by atoms with E-state index in [1.807, 2.05) is 0 Å². The molecule has 0 heterocycles. The van der Waals surface area contributed by atoms with E-state index in [-0.39, 0.29) is 0 Å². The Morgan fingerprint density at radius 1 is 1.40 bits per heavy atom. The SMILES string of the molecule is [N-]=[N+]=N[C@H](CO)[C@@H](O)CO. The summed E-state index contributed by atoms with van der Waals surface area (Å²) in [5.41, 5.74) is 7.87. The van der Waals surface area contributed by atoms with Crippen molar-refractivity contribution in [3.8, 4) is 0 Å². The van der Waals surface area contributed by atoms with E-state index >= 15 is 0 Å². The molecule has 0 aliphatic heterocycles. The molecular formula is C4H9N3O3. The van der Waals surface area contributed by atoms with Crippen molar-refractivity contribution in [2.75, 3.05) is 13.2 Å². The van der Waals surface area contributed by atoms with Gasteiger partial charge in [-0.1, -0.05) is 5.11 Å². The van der Waals surface area contributed by atoms with Crippen LogP contribution in [-0.4, -0.2) is 40.7 Å². The number of azide groups is 1. The summed E-state index contributed by atoms with van der Waals surface area (Å²) < 4.78 is 0. The van der Waals surface area contributed by atoms with Gasteiger partial charge in [0, 0.05) is 4.91 Å². The molecule has 0 aliphatic carbocycles. The Kier molecular flexibility index (Phi) is 4.61. The average Bonchev–Trinajstić information content (AvgIpc) is 1.99. The Bertz CT molecular complexity index is 134. The van der Waals surface area contributed by atoms with Gasteiger partial charge in [0.25, 0.3) is 0 Å². The molecule has 0 aromatic rings. The van der Waals surface area contributed by atoms with Crippen LogP contribution in [-0.2, 0) is 0 Å². The number of hydrogen-bond donors (Lipinski definition) is 3. The van der Waals surface area contributed by atoms with Crippen molar-refractivity contribution in [1.29, 1.82) is 0 Å². The first-order chi connectivity index (χ1) is 4.76. The highest BCUT2D eigenvalue weighted by Gasteiger charge is 2.14. The van der Waals surface area contributed by atoms with Crippen LogP contribution in [0.25, 0.3) is 10.4 Å². The predicted octanol–water partition coefficient (Wildman–Crippen LogP) is -0.989. The molecule has 0 saturated heterocycles. The van der Waals surface area contributed by atoms with Crippen molar-refractivity contribution in [2.45, 2.75) is 12.1 Å². The lowest BCUT2D eigenvalue weighted by Gasteiger charge is -2.11. The van der Waals surface area contributed by atoms with Gasteiger partial charge in [0.1, 0.15) is 0 Å². The molecule has 0 rings (SSSR count). The lowest BCUT2D eigenvalue weighted by molar-refractivity contribution is 0.0551. The van der Waals surface area contributed by atoms with Gasteiger partial charge in [0.2, 0.25) is 0 Å². The summed E-state index contributed by atoms with van der Waals surface area (Å²) in [6.45, 7) is -0.990. The highest BCUT2D eigenvalue weighted by atomic mass is 16.3. The van der Waals surface area contributed by atoms with Gasteiger partial charge in [-0.3, -0.25) is 0 Å². The summed E-state index contributed by atoms with van der Waals surface area (Å²) >= 11 is 0. The number of rotatable bonds is 4. The molecule has 0 aromatic heterocycles. The largest absolute Gasteiger partial charge is 0.396 e. The van der Waals surface area contributed by atoms with Crippen molar-refractivity contribution >= 4 is 0 Å². The zero-order valence-electron chi connectivity index (χ0n) is 5.25. The molecular weight excluding hydrogens is 138 g/mol. The number of aliphatic hydroxyl groups is 3. The molecule has 10 heavy (non-hydrogen) atoms. The summed E-state index contributed by atoms with van der Waals surface area (Å²) in [4.78, 5) is 2.37. The number of nitrogens with zero attached hydrogens (tertiary/aromatic N) is 3. The molecule has 58 valence electrons. The maximum atomic E-state index is 8.77. The molecule has 0 aliphatic rings. The first-order valence-corrected chi connectivity index (χ1v) is 2.70. The molecule has 0 saturated carbocycles. The third-order valence-electron chi connectivity index (χ3n) is 1.02. The highest BCUT2D eigenvalue weighted by Crippen LogP contribution is 1.97. The first-order valence-electron chi connectivity index (χ1n) is 2.70. The molecule has 0 bridgehead atoms. The van der Waals surface area contributed by atoms with Crippen LogP contribution in [0.1, 0.15) is 0 Å². The van der Waals surface area contributed by atoms with Gasteiger partial charge >= 0.3 is 0 Å². The van der Waals surface area contributed by atoms with Crippen LogP contribution in [0, 0.1) is 0 Å². The molecule has 6 nitrogen and oxygen atoms in total. The van der Waals surface area contributed by atoms with Gasteiger partial charge in [0.05, 0.1) is 25.4 Å². The van der Waals surface area contributed by atoms with E-state index in [0.29, 0.717) is 0 Å². The van der Waals surface area contributed by atoms with Gasteiger partial charge in [-0.05, 0) is 5.53 Å². The second-order valence-corrected chi connectivity index (χ2v) is 1.70. The lowest BCUT2D eigenvalue weighted by Crippen LogP contribution is -2.30. The fourth-order valence-electron chi connectivity index (χ4n) is 0.423. The predicted molar refractivity (Wildman–Crippen MR) is 33.1 cm³/mol. The van der Waals surface area contributed by atoms with E-state index in [1.165, 1.54) is 0 Å². The molecule has 3 N–H and O–H groups in total. The van der Waals surface area contributed by atoms with E-state index in [2.05, 4.69) is 10.0 Å². The molecule has 2 atom stereocenters. The molecule has 0 unspecified atom stereocenters. The van der Waals surface area contributed by atoms with E-state index < -0.39 is 25.4 Å². The Balaban J connectivity index is 3.91. The van der Waals surface area contributed by atoms with Gasteiger partial charge in [0.15, 0.2) is 0 Å². The second kappa shape index (κ2) is 5.01. The van der Waals surface area contributed by atoms with Crippen molar-refractivity contribution in [2.24, 2.45) is 5.11 Å². The maximum Gasteiger partial charge on any atom is 0.0886 e. The Labute approximate surface area is 57.4 Å². The lowest BCUT2D eigenvalue weighted by atomic mass is 10.2. The first kappa shape index (κ1) is 9.19. The fraction of sp³-hybridized carbons (Fsp3) is 1.00. The van der Waals surface area contributed by atoms with Crippen LogP contribution in [0.4, 0.5) is 0 Å². The fourth-order valence-corrected chi connectivity index (χ4v) is 0.423. The van der Waals surface area contributed by atoms with Gasteiger partial charge in [-0.25, -0.2) is 0 Å². The van der Waals surface area contributed by atoms with Crippen molar-refractivity contribution in [3.05, 3.63) is 10.4 Å². The Morgan fingerprint density at radius 2 is 2.00 bits per heavy atom. The van der Waals surface area contributed by atoms with Gasteiger partial charge in [-0.2, -0.15) is 0 Å². The van der Waals surface area contributed by atoms with E-state index in [9.17, 15) is 0 Å². The van der Waals surface area contributed by atoms with Crippen molar-refractivity contribution < 1.29 is 15.3 Å². The van der Waals surface area contributed by atoms with E-state index in [0.717, 1.165) is 0 Å². The van der Waals surface area contributed by atoms with Crippen LogP contribution >= 0.6 is 0 Å². The van der Waals surface area contributed by atoms with Gasteiger partial charge in [-0.15, -0.1) is 0 Å². The summed E-state index contributed by atoms with van der Waals surface area (Å²) in [5.74, 6) is 0. The smallest absolute Gasteiger partial charge is 0.0886 e. The van der Waals surface area contributed by atoms with Crippen LogP contribution in [0.15, 0.2) is 5.11 Å². The quantitative estimate of drug-likeness (QED) is 0.270. The number of aliphatic hydroxyl groups excluding tert-OH is 3. The van der Waals surface area contributed by atoms with Gasteiger partial charge < -0.3 is 15.3 Å². The van der Waals surface area contributed by atoms with E-state index in [4.69, 9.17) is 20.9 Å².